The number of amides is 2. The molecule has 0 aliphatic rings. The van der Waals surface area contributed by atoms with Gasteiger partial charge in [0.05, 0.1) is 16.3 Å². The fraction of sp³-hybridized carbons (Fsp3) is 0.0952. The average Bonchev–Trinajstić information content (AvgIpc) is 3.29. The SMILES string of the molecule is CN(C)C(=O)c1csc2nc(-c3ccc(NC(=O)c4ccccc4Cl)cc3)cn12. The van der Waals surface area contributed by atoms with Crippen molar-refractivity contribution >= 4 is 45.4 Å². The van der Waals surface area contributed by atoms with Crippen molar-refractivity contribution in [2.24, 2.45) is 0 Å². The summed E-state index contributed by atoms with van der Waals surface area (Å²) in [5, 5.41) is 5.05. The average molecular weight is 425 g/mol. The van der Waals surface area contributed by atoms with Gasteiger partial charge < -0.3 is 10.2 Å². The molecule has 0 atom stereocenters. The molecule has 0 bridgehead atoms. The number of rotatable bonds is 4. The third-order valence-corrected chi connectivity index (χ3v) is 5.56. The zero-order valence-electron chi connectivity index (χ0n) is 15.7. The zero-order valence-corrected chi connectivity index (χ0v) is 17.3. The van der Waals surface area contributed by atoms with E-state index >= 15 is 0 Å². The van der Waals surface area contributed by atoms with Crippen LogP contribution in [-0.4, -0.2) is 40.2 Å². The highest BCUT2D eigenvalue weighted by atomic mass is 35.5. The van der Waals surface area contributed by atoms with Crippen LogP contribution in [0.25, 0.3) is 16.2 Å². The molecule has 2 aromatic heterocycles. The molecule has 2 amide bonds. The Bertz CT molecular complexity index is 1210. The Hall–Kier alpha value is -3.16. The second kappa shape index (κ2) is 7.69. The van der Waals surface area contributed by atoms with Crippen LogP contribution < -0.4 is 5.32 Å². The number of fused-ring (bicyclic) bond motifs is 1. The lowest BCUT2D eigenvalue weighted by Crippen LogP contribution is -2.22. The van der Waals surface area contributed by atoms with Gasteiger partial charge in [0.2, 0.25) is 0 Å². The van der Waals surface area contributed by atoms with E-state index in [1.54, 1.807) is 42.8 Å². The van der Waals surface area contributed by atoms with Crippen LogP contribution in [0.4, 0.5) is 5.69 Å². The zero-order chi connectivity index (χ0) is 20.5. The minimum Gasteiger partial charge on any atom is -0.343 e. The van der Waals surface area contributed by atoms with E-state index < -0.39 is 0 Å². The van der Waals surface area contributed by atoms with E-state index in [0.717, 1.165) is 16.2 Å². The van der Waals surface area contributed by atoms with Crippen molar-refractivity contribution in [2.75, 3.05) is 19.4 Å². The van der Waals surface area contributed by atoms with Crippen molar-refractivity contribution in [3.8, 4) is 11.3 Å². The van der Waals surface area contributed by atoms with Gasteiger partial charge in [-0.05, 0) is 24.3 Å². The number of carbonyl (C=O) groups excluding carboxylic acids is 2. The molecule has 4 rings (SSSR count). The molecule has 0 spiro atoms. The molecule has 146 valence electrons. The highest BCUT2D eigenvalue weighted by Crippen LogP contribution is 2.26. The molecule has 0 aliphatic carbocycles. The highest BCUT2D eigenvalue weighted by molar-refractivity contribution is 7.15. The van der Waals surface area contributed by atoms with Crippen LogP contribution >= 0.6 is 22.9 Å². The Morgan fingerprint density at radius 3 is 2.52 bits per heavy atom. The van der Waals surface area contributed by atoms with Gasteiger partial charge in [-0.3, -0.25) is 14.0 Å². The standard InChI is InChI=1S/C21H17ClN4O2S/c1-25(2)20(28)18-12-29-21-24-17(11-26(18)21)13-7-9-14(10-8-13)23-19(27)15-5-3-4-6-16(15)22/h3-12H,1-2H3,(H,23,27). The first-order chi connectivity index (χ1) is 13.9. The van der Waals surface area contributed by atoms with Gasteiger partial charge in [-0.2, -0.15) is 0 Å². The topological polar surface area (TPSA) is 66.7 Å². The Morgan fingerprint density at radius 1 is 1.10 bits per heavy atom. The van der Waals surface area contributed by atoms with Gasteiger partial charge in [-0.1, -0.05) is 35.9 Å². The molecule has 2 heterocycles. The number of nitrogens with one attached hydrogen (secondary N) is 1. The predicted molar refractivity (Wildman–Crippen MR) is 116 cm³/mol. The molecule has 0 unspecified atom stereocenters. The number of hydrogen-bond acceptors (Lipinski definition) is 4. The first-order valence-corrected chi connectivity index (χ1v) is 10.0. The monoisotopic (exact) mass is 424 g/mol. The molecule has 4 aromatic rings. The molecule has 8 heteroatoms. The van der Waals surface area contributed by atoms with Gasteiger partial charge in [0, 0.05) is 36.9 Å². The molecule has 6 nitrogen and oxygen atoms in total. The maximum atomic E-state index is 12.4. The van der Waals surface area contributed by atoms with Crippen molar-refractivity contribution in [2.45, 2.75) is 0 Å². The number of halogens is 1. The van der Waals surface area contributed by atoms with E-state index in [0.29, 0.717) is 22.0 Å². The quantitative estimate of drug-likeness (QED) is 0.517. The number of imidazole rings is 1. The van der Waals surface area contributed by atoms with Crippen LogP contribution in [0, 0.1) is 0 Å². The van der Waals surface area contributed by atoms with E-state index in [2.05, 4.69) is 10.3 Å². The lowest BCUT2D eigenvalue weighted by atomic mass is 10.1. The minimum atomic E-state index is -0.266. The Labute approximate surface area is 176 Å². The molecule has 2 aromatic carbocycles. The molecule has 0 radical (unpaired) electrons. The molecule has 1 N–H and O–H groups in total. The van der Waals surface area contributed by atoms with Crippen LogP contribution in [-0.2, 0) is 0 Å². The van der Waals surface area contributed by atoms with Crippen molar-refractivity contribution in [1.29, 1.82) is 0 Å². The molecular weight excluding hydrogens is 408 g/mol. The molecule has 0 saturated carbocycles. The molecular formula is C21H17ClN4O2S. The summed E-state index contributed by atoms with van der Waals surface area (Å²) in [7, 11) is 3.44. The van der Waals surface area contributed by atoms with E-state index in [-0.39, 0.29) is 11.8 Å². The Balaban J connectivity index is 1.56. The summed E-state index contributed by atoms with van der Waals surface area (Å²) >= 11 is 7.50. The number of benzene rings is 2. The first-order valence-electron chi connectivity index (χ1n) is 8.78. The summed E-state index contributed by atoms with van der Waals surface area (Å²) in [5.41, 5.74) is 3.31. The molecule has 0 saturated heterocycles. The van der Waals surface area contributed by atoms with Crippen LogP contribution in [0.5, 0.6) is 0 Å². The summed E-state index contributed by atoms with van der Waals surface area (Å²) in [6, 6.07) is 14.3. The van der Waals surface area contributed by atoms with Crippen LogP contribution in [0.2, 0.25) is 5.02 Å². The number of anilines is 1. The number of aromatic nitrogens is 2. The largest absolute Gasteiger partial charge is 0.343 e. The van der Waals surface area contributed by atoms with Crippen molar-refractivity contribution in [3.05, 3.63) is 76.4 Å². The van der Waals surface area contributed by atoms with Crippen molar-refractivity contribution < 1.29 is 9.59 Å². The predicted octanol–water partition coefficient (Wildman–Crippen LogP) is 4.67. The highest BCUT2D eigenvalue weighted by Gasteiger charge is 2.16. The van der Waals surface area contributed by atoms with Crippen LogP contribution in [0.15, 0.2) is 60.1 Å². The second-order valence-corrected chi connectivity index (χ2v) is 7.85. The lowest BCUT2D eigenvalue weighted by molar-refractivity contribution is 0.0821. The van der Waals surface area contributed by atoms with Crippen molar-refractivity contribution in [3.63, 3.8) is 0 Å². The van der Waals surface area contributed by atoms with Crippen LogP contribution in [0.1, 0.15) is 20.8 Å². The molecule has 0 aliphatic heterocycles. The van der Waals surface area contributed by atoms with E-state index in [1.807, 2.05) is 35.8 Å². The smallest absolute Gasteiger partial charge is 0.271 e. The lowest BCUT2D eigenvalue weighted by Gasteiger charge is -2.08. The summed E-state index contributed by atoms with van der Waals surface area (Å²) in [6.45, 7) is 0. The first kappa shape index (κ1) is 19.2. The normalized spacial score (nSPS) is 10.9. The molecule has 29 heavy (non-hydrogen) atoms. The second-order valence-electron chi connectivity index (χ2n) is 6.61. The summed E-state index contributed by atoms with van der Waals surface area (Å²) < 4.78 is 1.80. The fourth-order valence-corrected chi connectivity index (χ4v) is 3.94. The number of nitrogens with zero attached hydrogens (tertiary/aromatic N) is 3. The van der Waals surface area contributed by atoms with Crippen LogP contribution in [0.3, 0.4) is 0 Å². The summed E-state index contributed by atoms with van der Waals surface area (Å²) in [6.07, 6.45) is 1.85. The maximum Gasteiger partial charge on any atom is 0.271 e. The van der Waals surface area contributed by atoms with E-state index in [9.17, 15) is 9.59 Å². The van der Waals surface area contributed by atoms with Gasteiger partial charge in [-0.15, -0.1) is 11.3 Å². The van der Waals surface area contributed by atoms with Gasteiger partial charge in [-0.25, -0.2) is 4.98 Å². The summed E-state index contributed by atoms with van der Waals surface area (Å²) in [5.74, 6) is -0.337. The minimum absolute atomic E-state index is 0.0715. The fourth-order valence-electron chi connectivity index (χ4n) is 2.87. The maximum absolute atomic E-state index is 12.4. The van der Waals surface area contributed by atoms with E-state index in [4.69, 9.17) is 11.6 Å². The van der Waals surface area contributed by atoms with Gasteiger partial charge in [0.15, 0.2) is 4.96 Å². The Morgan fingerprint density at radius 2 is 1.83 bits per heavy atom. The third-order valence-electron chi connectivity index (χ3n) is 4.39. The van der Waals surface area contributed by atoms with Gasteiger partial charge in [0.1, 0.15) is 5.69 Å². The molecule has 0 fully saturated rings. The summed E-state index contributed by atoms with van der Waals surface area (Å²) in [4.78, 5) is 31.6. The number of thiazole rings is 1. The number of hydrogen-bond donors (Lipinski definition) is 1. The Kier molecular flexibility index (Phi) is 5.08. The van der Waals surface area contributed by atoms with Crippen molar-refractivity contribution in [1.82, 2.24) is 14.3 Å². The van der Waals surface area contributed by atoms with Gasteiger partial charge >= 0.3 is 0 Å². The number of carbonyl (C=O) groups is 2. The third kappa shape index (κ3) is 3.74. The van der Waals surface area contributed by atoms with Gasteiger partial charge in [0.25, 0.3) is 11.8 Å². The van der Waals surface area contributed by atoms with E-state index in [1.165, 1.54) is 16.2 Å².